The summed E-state index contributed by atoms with van der Waals surface area (Å²) in [5.41, 5.74) is 0.151. The van der Waals surface area contributed by atoms with Crippen LogP contribution in [0.3, 0.4) is 0 Å². The van der Waals surface area contributed by atoms with Crippen molar-refractivity contribution in [3.63, 3.8) is 0 Å². The average molecular weight is 305 g/mol. The number of nitrogens with zero attached hydrogens (tertiary/aromatic N) is 1. The number of aryl methyl sites for hydroxylation is 1. The summed E-state index contributed by atoms with van der Waals surface area (Å²) < 4.78 is 0. The molecule has 1 rings (SSSR count). The molecule has 22 heavy (non-hydrogen) atoms. The van der Waals surface area contributed by atoms with Crippen LogP contribution in [0, 0.1) is 5.41 Å². The third kappa shape index (κ3) is 6.70. The Bertz CT molecular complexity index is 504. The van der Waals surface area contributed by atoms with Crippen LogP contribution in [-0.4, -0.2) is 28.9 Å². The first kappa shape index (κ1) is 18.1. The summed E-state index contributed by atoms with van der Waals surface area (Å²) in [6.45, 7) is 10.2. The van der Waals surface area contributed by atoms with Crippen LogP contribution >= 0.6 is 0 Å². The Kier molecular flexibility index (Phi) is 6.09. The summed E-state index contributed by atoms with van der Waals surface area (Å²) in [6, 6.07) is 3.77. The van der Waals surface area contributed by atoms with Crippen molar-refractivity contribution in [1.29, 1.82) is 0 Å². The molecule has 0 atom stereocenters. The predicted octanol–water partition coefficient (Wildman–Crippen LogP) is 2.07. The molecular weight excluding hydrogens is 278 g/mol. The SMILES string of the molecule is CC(C)(C)CNC(=O)C(C)(C)NC(=O)CCc1ccncc1. The van der Waals surface area contributed by atoms with E-state index in [1.165, 1.54) is 0 Å². The minimum Gasteiger partial charge on any atom is -0.354 e. The Labute approximate surface area is 132 Å². The standard InChI is InChI=1S/C17H27N3O2/c1-16(2,3)12-19-15(22)17(4,5)20-14(21)7-6-13-8-10-18-11-9-13/h8-11H,6-7,12H2,1-5H3,(H,19,22)(H,20,21). The van der Waals surface area contributed by atoms with Gasteiger partial charge in [0.15, 0.2) is 0 Å². The van der Waals surface area contributed by atoms with Gasteiger partial charge in [-0.05, 0) is 43.4 Å². The number of nitrogens with one attached hydrogen (secondary N) is 2. The summed E-state index contributed by atoms with van der Waals surface area (Å²) in [4.78, 5) is 28.2. The molecule has 1 aromatic heterocycles. The molecule has 0 spiro atoms. The molecule has 0 saturated heterocycles. The van der Waals surface area contributed by atoms with Gasteiger partial charge in [0.2, 0.25) is 11.8 Å². The smallest absolute Gasteiger partial charge is 0.245 e. The Morgan fingerprint density at radius 1 is 1.09 bits per heavy atom. The maximum atomic E-state index is 12.2. The van der Waals surface area contributed by atoms with Crippen LogP contribution in [0.25, 0.3) is 0 Å². The van der Waals surface area contributed by atoms with Gasteiger partial charge in [0.25, 0.3) is 0 Å². The third-order valence-electron chi connectivity index (χ3n) is 3.19. The summed E-state index contributed by atoms with van der Waals surface area (Å²) in [5, 5.41) is 5.68. The number of amides is 2. The van der Waals surface area contributed by atoms with Crippen LogP contribution in [0.2, 0.25) is 0 Å². The van der Waals surface area contributed by atoms with Crippen LogP contribution in [0.5, 0.6) is 0 Å². The van der Waals surface area contributed by atoms with E-state index in [0.717, 1.165) is 5.56 Å². The van der Waals surface area contributed by atoms with Crippen molar-refractivity contribution in [2.45, 2.75) is 53.0 Å². The molecule has 0 aliphatic heterocycles. The molecule has 1 aromatic rings. The quantitative estimate of drug-likeness (QED) is 0.845. The van der Waals surface area contributed by atoms with Crippen LogP contribution in [0.1, 0.15) is 46.6 Å². The first-order valence-corrected chi connectivity index (χ1v) is 7.58. The molecule has 0 aliphatic carbocycles. The first-order chi connectivity index (χ1) is 10.1. The predicted molar refractivity (Wildman–Crippen MR) is 87.2 cm³/mol. The minimum absolute atomic E-state index is 0.0110. The highest BCUT2D eigenvalue weighted by atomic mass is 16.2. The molecule has 5 heteroatoms. The van der Waals surface area contributed by atoms with Crippen LogP contribution in [0.15, 0.2) is 24.5 Å². The Morgan fingerprint density at radius 2 is 1.68 bits per heavy atom. The lowest BCUT2D eigenvalue weighted by atomic mass is 9.96. The second-order valence-corrected chi connectivity index (χ2v) is 7.27. The second kappa shape index (κ2) is 7.38. The fourth-order valence-electron chi connectivity index (χ4n) is 1.84. The van der Waals surface area contributed by atoms with Crippen molar-refractivity contribution in [3.05, 3.63) is 30.1 Å². The van der Waals surface area contributed by atoms with Gasteiger partial charge < -0.3 is 10.6 Å². The summed E-state index contributed by atoms with van der Waals surface area (Å²) in [6.07, 6.45) is 4.39. The van der Waals surface area contributed by atoms with Crippen molar-refractivity contribution < 1.29 is 9.59 Å². The van der Waals surface area contributed by atoms with Gasteiger partial charge in [0, 0.05) is 25.4 Å². The fourth-order valence-corrected chi connectivity index (χ4v) is 1.84. The maximum absolute atomic E-state index is 12.2. The molecule has 2 N–H and O–H groups in total. The van der Waals surface area contributed by atoms with E-state index >= 15 is 0 Å². The van der Waals surface area contributed by atoms with E-state index in [0.29, 0.717) is 19.4 Å². The van der Waals surface area contributed by atoms with Crippen molar-refractivity contribution in [2.75, 3.05) is 6.54 Å². The molecule has 0 aliphatic rings. The number of pyridine rings is 1. The van der Waals surface area contributed by atoms with E-state index in [2.05, 4.69) is 15.6 Å². The molecule has 2 amide bonds. The number of carbonyl (C=O) groups is 2. The van der Waals surface area contributed by atoms with Gasteiger partial charge in [-0.3, -0.25) is 14.6 Å². The number of hydrogen-bond acceptors (Lipinski definition) is 3. The largest absolute Gasteiger partial charge is 0.354 e. The maximum Gasteiger partial charge on any atom is 0.245 e. The summed E-state index contributed by atoms with van der Waals surface area (Å²) >= 11 is 0. The van der Waals surface area contributed by atoms with Gasteiger partial charge in [-0.2, -0.15) is 0 Å². The van der Waals surface area contributed by atoms with E-state index in [-0.39, 0.29) is 17.2 Å². The number of carbonyl (C=O) groups excluding carboxylic acids is 2. The average Bonchev–Trinajstić information content (AvgIpc) is 2.42. The number of rotatable bonds is 6. The zero-order valence-corrected chi connectivity index (χ0v) is 14.2. The molecule has 122 valence electrons. The van der Waals surface area contributed by atoms with Gasteiger partial charge in [-0.25, -0.2) is 0 Å². The zero-order valence-electron chi connectivity index (χ0n) is 14.2. The van der Waals surface area contributed by atoms with E-state index < -0.39 is 5.54 Å². The Hall–Kier alpha value is -1.91. The van der Waals surface area contributed by atoms with E-state index in [1.807, 2.05) is 32.9 Å². The molecule has 0 bridgehead atoms. The molecule has 0 saturated carbocycles. The molecule has 0 unspecified atom stereocenters. The minimum atomic E-state index is -0.916. The van der Waals surface area contributed by atoms with E-state index in [1.54, 1.807) is 26.2 Å². The van der Waals surface area contributed by atoms with E-state index in [9.17, 15) is 9.59 Å². The number of aromatic nitrogens is 1. The van der Waals surface area contributed by atoms with Crippen molar-refractivity contribution in [2.24, 2.45) is 5.41 Å². The summed E-state index contributed by atoms with van der Waals surface area (Å²) in [5.74, 6) is -0.299. The van der Waals surface area contributed by atoms with Gasteiger partial charge in [0.1, 0.15) is 5.54 Å². The Morgan fingerprint density at radius 3 is 2.23 bits per heavy atom. The molecule has 5 nitrogen and oxygen atoms in total. The molecule has 0 radical (unpaired) electrons. The van der Waals surface area contributed by atoms with Gasteiger partial charge in [0.05, 0.1) is 0 Å². The lowest BCUT2D eigenvalue weighted by molar-refractivity contribution is -0.132. The lowest BCUT2D eigenvalue weighted by Crippen LogP contribution is -2.55. The van der Waals surface area contributed by atoms with Crippen molar-refractivity contribution in [1.82, 2.24) is 15.6 Å². The highest BCUT2D eigenvalue weighted by Gasteiger charge is 2.29. The van der Waals surface area contributed by atoms with E-state index in [4.69, 9.17) is 0 Å². The molecule has 1 heterocycles. The molecule has 0 fully saturated rings. The van der Waals surface area contributed by atoms with Gasteiger partial charge in [-0.15, -0.1) is 0 Å². The fraction of sp³-hybridized carbons (Fsp3) is 0.588. The first-order valence-electron chi connectivity index (χ1n) is 7.58. The van der Waals surface area contributed by atoms with Crippen LogP contribution in [-0.2, 0) is 16.0 Å². The monoisotopic (exact) mass is 305 g/mol. The Balaban J connectivity index is 2.45. The summed E-state index contributed by atoms with van der Waals surface area (Å²) in [7, 11) is 0. The highest BCUT2D eigenvalue weighted by molar-refractivity contribution is 5.90. The third-order valence-corrected chi connectivity index (χ3v) is 3.19. The van der Waals surface area contributed by atoms with Crippen LogP contribution in [0.4, 0.5) is 0 Å². The van der Waals surface area contributed by atoms with Crippen molar-refractivity contribution >= 4 is 11.8 Å². The normalized spacial score (nSPS) is 11.9. The van der Waals surface area contributed by atoms with Crippen LogP contribution < -0.4 is 10.6 Å². The van der Waals surface area contributed by atoms with Crippen molar-refractivity contribution in [3.8, 4) is 0 Å². The number of hydrogen-bond donors (Lipinski definition) is 2. The second-order valence-electron chi connectivity index (χ2n) is 7.27. The van der Waals surface area contributed by atoms with Gasteiger partial charge in [-0.1, -0.05) is 20.8 Å². The molecular formula is C17H27N3O2. The molecule has 0 aromatic carbocycles. The highest BCUT2D eigenvalue weighted by Crippen LogP contribution is 2.12. The topological polar surface area (TPSA) is 71.1 Å². The van der Waals surface area contributed by atoms with Gasteiger partial charge >= 0.3 is 0 Å². The lowest BCUT2D eigenvalue weighted by Gasteiger charge is -2.27. The zero-order chi connectivity index (χ0) is 16.8.